The van der Waals surface area contributed by atoms with Crippen molar-refractivity contribution < 1.29 is 0 Å². The number of imidazole rings is 1. The Morgan fingerprint density at radius 3 is 2.55 bits per heavy atom. The van der Waals surface area contributed by atoms with Gasteiger partial charge < -0.3 is 9.88 Å². The van der Waals surface area contributed by atoms with Gasteiger partial charge in [0.1, 0.15) is 0 Å². The Bertz CT molecular complexity index is 602. The maximum Gasteiger partial charge on any atom is 0.203 e. The smallest absolute Gasteiger partial charge is 0.203 e. The van der Waals surface area contributed by atoms with Crippen molar-refractivity contribution in [3.63, 3.8) is 0 Å². The molecule has 106 valence electrons. The van der Waals surface area contributed by atoms with E-state index in [1.807, 2.05) is 0 Å². The molecule has 3 nitrogen and oxygen atoms in total. The number of benzene rings is 1. The molecule has 2 heterocycles. The van der Waals surface area contributed by atoms with Crippen LogP contribution >= 0.6 is 0 Å². The molecule has 3 rings (SSSR count). The summed E-state index contributed by atoms with van der Waals surface area (Å²) in [5, 5.41) is 3.58. The van der Waals surface area contributed by atoms with E-state index in [4.69, 9.17) is 4.98 Å². The number of hydrogen-bond donors (Lipinski definition) is 1. The number of fused-ring (bicyclic) bond motifs is 1. The summed E-state index contributed by atoms with van der Waals surface area (Å²) >= 11 is 0. The lowest BCUT2D eigenvalue weighted by atomic mass is 9.93. The van der Waals surface area contributed by atoms with E-state index in [1.54, 1.807) is 0 Å². The number of aromatic nitrogens is 2. The van der Waals surface area contributed by atoms with E-state index < -0.39 is 0 Å². The van der Waals surface area contributed by atoms with Crippen LogP contribution in [0.25, 0.3) is 0 Å². The van der Waals surface area contributed by atoms with Crippen LogP contribution in [-0.2, 0) is 12.0 Å². The Kier molecular flexibility index (Phi) is 3.08. The number of hydrogen-bond acceptors (Lipinski definition) is 2. The van der Waals surface area contributed by atoms with Crippen LogP contribution < -0.4 is 5.32 Å². The van der Waals surface area contributed by atoms with Gasteiger partial charge in [-0.3, -0.25) is 0 Å². The fraction of sp³-hybridized carbons (Fsp3) is 0.471. The van der Waals surface area contributed by atoms with E-state index in [0.717, 1.165) is 24.6 Å². The van der Waals surface area contributed by atoms with E-state index in [0.29, 0.717) is 6.04 Å². The van der Waals surface area contributed by atoms with Crippen LogP contribution in [-0.4, -0.2) is 9.55 Å². The van der Waals surface area contributed by atoms with E-state index in [1.165, 1.54) is 11.1 Å². The number of anilines is 1. The van der Waals surface area contributed by atoms with Crippen LogP contribution in [0.3, 0.4) is 0 Å². The van der Waals surface area contributed by atoms with Gasteiger partial charge in [0.25, 0.3) is 0 Å². The summed E-state index contributed by atoms with van der Waals surface area (Å²) in [6, 6.07) is 9.17. The lowest BCUT2D eigenvalue weighted by Crippen LogP contribution is -2.21. The molecule has 0 aliphatic carbocycles. The van der Waals surface area contributed by atoms with Crippen LogP contribution in [0.4, 0.5) is 5.95 Å². The third kappa shape index (κ3) is 2.45. The molecule has 0 bridgehead atoms. The van der Waals surface area contributed by atoms with E-state index in [9.17, 15) is 0 Å². The molecule has 0 fully saturated rings. The number of nitrogens with zero attached hydrogens (tertiary/aromatic N) is 2. The van der Waals surface area contributed by atoms with Crippen molar-refractivity contribution in [1.82, 2.24) is 9.55 Å². The van der Waals surface area contributed by atoms with Crippen LogP contribution in [0.5, 0.6) is 0 Å². The van der Waals surface area contributed by atoms with Crippen molar-refractivity contribution in [2.45, 2.75) is 52.1 Å². The van der Waals surface area contributed by atoms with Gasteiger partial charge in [0.05, 0.1) is 11.7 Å². The Morgan fingerprint density at radius 1 is 1.20 bits per heavy atom. The van der Waals surface area contributed by atoms with Gasteiger partial charge in [-0.25, -0.2) is 4.98 Å². The molecule has 1 aliphatic rings. The first-order valence-corrected chi connectivity index (χ1v) is 7.34. The lowest BCUT2D eigenvalue weighted by molar-refractivity contribution is 0.540. The Hall–Kier alpha value is -1.77. The molecule has 0 amide bonds. The molecule has 1 aromatic carbocycles. The highest BCUT2D eigenvalue weighted by molar-refractivity contribution is 5.38. The normalized spacial score (nSPS) is 18.5. The molecule has 1 atom stereocenters. The van der Waals surface area contributed by atoms with Crippen molar-refractivity contribution in [2.24, 2.45) is 0 Å². The molecule has 0 saturated heterocycles. The maximum atomic E-state index is 4.77. The minimum absolute atomic E-state index is 0.103. The molecule has 1 aliphatic heterocycles. The van der Waals surface area contributed by atoms with E-state index >= 15 is 0 Å². The Morgan fingerprint density at radius 2 is 1.90 bits per heavy atom. The molecule has 0 saturated carbocycles. The van der Waals surface area contributed by atoms with Crippen molar-refractivity contribution in [1.29, 1.82) is 0 Å². The summed E-state index contributed by atoms with van der Waals surface area (Å²) in [4.78, 5) is 4.77. The van der Waals surface area contributed by atoms with Crippen molar-refractivity contribution >= 4 is 5.95 Å². The van der Waals surface area contributed by atoms with Crippen LogP contribution in [0.2, 0.25) is 0 Å². The van der Waals surface area contributed by atoms with Gasteiger partial charge in [0, 0.05) is 18.2 Å². The van der Waals surface area contributed by atoms with Crippen molar-refractivity contribution in [2.75, 3.05) is 5.32 Å². The number of nitrogens with one attached hydrogen (secondary N) is 1. The third-order valence-corrected chi connectivity index (χ3v) is 3.99. The zero-order chi connectivity index (χ0) is 14.3. The van der Waals surface area contributed by atoms with Gasteiger partial charge in [0.15, 0.2) is 0 Å². The average molecular weight is 269 g/mol. The molecule has 20 heavy (non-hydrogen) atoms. The fourth-order valence-electron chi connectivity index (χ4n) is 2.61. The second-order valence-electron chi connectivity index (χ2n) is 6.79. The predicted molar refractivity (Wildman–Crippen MR) is 83.1 cm³/mol. The van der Waals surface area contributed by atoms with Crippen molar-refractivity contribution in [3.8, 4) is 0 Å². The lowest BCUT2D eigenvalue weighted by Gasteiger charge is -2.25. The van der Waals surface area contributed by atoms with Crippen LogP contribution in [0.15, 0.2) is 30.5 Å². The topological polar surface area (TPSA) is 29.9 Å². The molecule has 0 spiro atoms. The van der Waals surface area contributed by atoms with Gasteiger partial charge in [0.2, 0.25) is 5.95 Å². The summed E-state index contributed by atoms with van der Waals surface area (Å²) < 4.78 is 2.24. The highest BCUT2D eigenvalue weighted by Crippen LogP contribution is 2.31. The standard InChI is InChI=1S/C17H23N3/c1-12-5-7-13(8-6-12)14-9-10-20-11-15(17(2,3)4)19-16(20)18-14/h5-8,11,14H,9-10H2,1-4H3,(H,18,19). The quantitative estimate of drug-likeness (QED) is 0.846. The highest BCUT2D eigenvalue weighted by Gasteiger charge is 2.24. The average Bonchev–Trinajstić information content (AvgIpc) is 2.82. The molecular weight excluding hydrogens is 246 g/mol. The Labute approximate surface area is 121 Å². The van der Waals surface area contributed by atoms with Gasteiger partial charge in [-0.15, -0.1) is 0 Å². The van der Waals surface area contributed by atoms with Gasteiger partial charge >= 0.3 is 0 Å². The second-order valence-corrected chi connectivity index (χ2v) is 6.79. The predicted octanol–water partition coefficient (Wildman–Crippen LogP) is 4.05. The minimum Gasteiger partial charge on any atom is -0.349 e. The monoisotopic (exact) mass is 269 g/mol. The fourth-order valence-corrected chi connectivity index (χ4v) is 2.61. The molecule has 1 N–H and O–H groups in total. The molecule has 0 radical (unpaired) electrons. The number of rotatable bonds is 1. The first-order valence-electron chi connectivity index (χ1n) is 7.34. The Balaban J connectivity index is 1.85. The summed E-state index contributed by atoms with van der Waals surface area (Å²) in [5.41, 5.74) is 3.92. The molecule has 2 aromatic rings. The summed E-state index contributed by atoms with van der Waals surface area (Å²) in [5.74, 6) is 1.01. The molecule has 3 heteroatoms. The zero-order valence-corrected chi connectivity index (χ0v) is 12.8. The van der Waals surface area contributed by atoms with Gasteiger partial charge in [-0.2, -0.15) is 0 Å². The summed E-state index contributed by atoms with van der Waals surface area (Å²) in [6.45, 7) is 9.78. The molecular formula is C17H23N3. The first kappa shape index (κ1) is 13.2. The first-order chi connectivity index (χ1) is 9.43. The van der Waals surface area contributed by atoms with Gasteiger partial charge in [-0.05, 0) is 18.9 Å². The summed E-state index contributed by atoms with van der Waals surface area (Å²) in [6.07, 6.45) is 3.30. The number of aryl methyl sites for hydroxylation is 2. The SMILES string of the molecule is Cc1ccc(C2CCn3cc(C(C)(C)C)nc3N2)cc1. The van der Waals surface area contributed by atoms with E-state index in [2.05, 4.69) is 68.0 Å². The second kappa shape index (κ2) is 4.65. The van der Waals surface area contributed by atoms with Crippen LogP contribution in [0, 0.1) is 6.92 Å². The largest absolute Gasteiger partial charge is 0.349 e. The zero-order valence-electron chi connectivity index (χ0n) is 12.8. The highest BCUT2D eigenvalue weighted by atomic mass is 15.2. The van der Waals surface area contributed by atoms with Crippen LogP contribution in [0.1, 0.15) is 50.1 Å². The maximum absolute atomic E-state index is 4.77. The summed E-state index contributed by atoms with van der Waals surface area (Å²) in [7, 11) is 0. The van der Waals surface area contributed by atoms with Crippen molar-refractivity contribution in [3.05, 3.63) is 47.3 Å². The van der Waals surface area contributed by atoms with Gasteiger partial charge in [-0.1, -0.05) is 50.6 Å². The molecule has 1 unspecified atom stereocenters. The third-order valence-electron chi connectivity index (χ3n) is 3.99. The van der Waals surface area contributed by atoms with E-state index in [-0.39, 0.29) is 5.41 Å². The molecule has 1 aromatic heterocycles. The minimum atomic E-state index is 0.103.